The molecule has 3 rings (SSSR count). The molecule has 0 spiro atoms. The van der Waals surface area contributed by atoms with Crippen molar-refractivity contribution in [3.63, 3.8) is 0 Å². The van der Waals surface area contributed by atoms with Crippen molar-refractivity contribution in [3.05, 3.63) is 47.5 Å². The highest BCUT2D eigenvalue weighted by molar-refractivity contribution is 6.10. The fraction of sp³-hybridized carbons (Fsp3) is 0.176. The average molecular weight is 297 g/mol. The van der Waals surface area contributed by atoms with Crippen molar-refractivity contribution in [3.8, 4) is 0 Å². The first kappa shape index (κ1) is 14.1. The van der Waals surface area contributed by atoms with Gasteiger partial charge in [0.1, 0.15) is 6.61 Å². The molecule has 0 bridgehead atoms. The van der Waals surface area contributed by atoms with Gasteiger partial charge in [-0.25, -0.2) is 4.79 Å². The molecule has 0 fully saturated rings. The largest absolute Gasteiger partial charge is 0.465 e. The van der Waals surface area contributed by atoms with Gasteiger partial charge in [0.05, 0.1) is 12.7 Å². The maximum atomic E-state index is 11.6. The number of carbonyl (C=O) groups is 2. The minimum absolute atomic E-state index is 0.221. The normalized spacial score (nSPS) is 10.8. The zero-order valence-electron chi connectivity index (χ0n) is 12.3. The molecule has 0 atom stereocenters. The van der Waals surface area contributed by atoms with Crippen LogP contribution >= 0.6 is 0 Å². The second-order valence-electron chi connectivity index (χ2n) is 5.00. The summed E-state index contributed by atoms with van der Waals surface area (Å²) in [5.74, 6) is -0.689. The third-order valence-electron chi connectivity index (χ3n) is 3.56. The lowest BCUT2D eigenvalue weighted by atomic mass is 10.1. The van der Waals surface area contributed by atoms with E-state index >= 15 is 0 Å². The number of rotatable bonds is 3. The highest BCUT2D eigenvalue weighted by atomic mass is 16.5. The first-order valence-electron chi connectivity index (χ1n) is 6.85. The summed E-state index contributed by atoms with van der Waals surface area (Å²) in [7, 11) is 1.36. The maximum absolute atomic E-state index is 11.6. The predicted molar refractivity (Wildman–Crippen MR) is 82.6 cm³/mol. The van der Waals surface area contributed by atoms with E-state index in [-0.39, 0.29) is 18.5 Å². The van der Waals surface area contributed by atoms with Crippen molar-refractivity contribution in [2.75, 3.05) is 7.11 Å². The van der Waals surface area contributed by atoms with E-state index in [1.165, 1.54) is 14.0 Å². The summed E-state index contributed by atoms with van der Waals surface area (Å²) in [6.07, 6.45) is 0. The molecule has 22 heavy (non-hydrogen) atoms. The zero-order valence-corrected chi connectivity index (χ0v) is 12.3. The molecule has 0 radical (unpaired) electrons. The summed E-state index contributed by atoms with van der Waals surface area (Å²) in [6, 6.07) is 11.1. The number of hydrogen-bond acceptors (Lipinski definition) is 4. The number of carbonyl (C=O) groups excluding carboxylic acids is 2. The first-order valence-corrected chi connectivity index (χ1v) is 6.85. The quantitative estimate of drug-likeness (QED) is 0.754. The number of nitrogens with one attached hydrogen (secondary N) is 1. The van der Waals surface area contributed by atoms with E-state index in [2.05, 4.69) is 4.98 Å². The average Bonchev–Trinajstić information content (AvgIpc) is 2.90. The lowest BCUT2D eigenvalue weighted by molar-refractivity contribution is -0.142. The summed E-state index contributed by atoms with van der Waals surface area (Å²) in [5.41, 5.74) is 3.18. The van der Waals surface area contributed by atoms with Crippen molar-refractivity contribution in [1.29, 1.82) is 0 Å². The van der Waals surface area contributed by atoms with Crippen LogP contribution in [0.1, 0.15) is 22.8 Å². The molecule has 1 N–H and O–H groups in total. The van der Waals surface area contributed by atoms with Crippen molar-refractivity contribution in [2.24, 2.45) is 0 Å². The fourth-order valence-electron chi connectivity index (χ4n) is 2.58. The van der Waals surface area contributed by atoms with Crippen molar-refractivity contribution >= 4 is 33.7 Å². The molecule has 0 aliphatic carbocycles. The predicted octanol–water partition coefficient (Wildman–Crippen LogP) is 3.17. The van der Waals surface area contributed by atoms with Crippen molar-refractivity contribution in [2.45, 2.75) is 13.5 Å². The third-order valence-corrected chi connectivity index (χ3v) is 3.56. The van der Waals surface area contributed by atoms with E-state index in [9.17, 15) is 9.59 Å². The first-order chi connectivity index (χ1) is 10.6. The second-order valence-corrected chi connectivity index (χ2v) is 5.00. The number of aromatic nitrogens is 1. The van der Waals surface area contributed by atoms with Gasteiger partial charge in [0.2, 0.25) is 0 Å². The van der Waals surface area contributed by atoms with Crippen LogP contribution in [0.3, 0.4) is 0 Å². The lowest BCUT2D eigenvalue weighted by Crippen LogP contribution is -2.00. The molecule has 0 amide bonds. The van der Waals surface area contributed by atoms with Gasteiger partial charge in [-0.05, 0) is 23.8 Å². The Kier molecular flexibility index (Phi) is 3.55. The summed E-state index contributed by atoms with van der Waals surface area (Å²) < 4.78 is 9.84. The SMILES string of the molecule is COC(=O)c1ccc2c(c1)[nH]c1cccc(COC(C)=O)c12. The molecule has 112 valence electrons. The van der Waals surface area contributed by atoms with Gasteiger partial charge in [-0.2, -0.15) is 0 Å². The number of methoxy groups -OCH3 is 1. The molecule has 1 aromatic heterocycles. The van der Waals surface area contributed by atoms with Gasteiger partial charge >= 0.3 is 11.9 Å². The highest BCUT2D eigenvalue weighted by Crippen LogP contribution is 2.29. The standard InChI is InChI=1S/C17H15NO4/c1-10(19)22-9-12-4-3-5-14-16(12)13-7-6-11(17(20)21-2)8-15(13)18-14/h3-8,18H,9H2,1-2H3. The lowest BCUT2D eigenvalue weighted by Gasteiger charge is -2.04. The van der Waals surface area contributed by atoms with E-state index in [4.69, 9.17) is 9.47 Å². The van der Waals surface area contributed by atoms with E-state index in [0.29, 0.717) is 5.56 Å². The minimum Gasteiger partial charge on any atom is -0.465 e. The van der Waals surface area contributed by atoms with Crippen LogP contribution in [0.25, 0.3) is 21.8 Å². The molecule has 0 aliphatic rings. The molecule has 0 aliphatic heterocycles. The van der Waals surface area contributed by atoms with Gasteiger partial charge in [0.15, 0.2) is 0 Å². The van der Waals surface area contributed by atoms with Crippen LogP contribution in [0.15, 0.2) is 36.4 Å². The Morgan fingerprint density at radius 2 is 1.95 bits per heavy atom. The van der Waals surface area contributed by atoms with Crippen LogP contribution < -0.4 is 0 Å². The molecule has 5 nitrogen and oxygen atoms in total. The third kappa shape index (κ3) is 2.41. The van der Waals surface area contributed by atoms with E-state index in [1.54, 1.807) is 12.1 Å². The topological polar surface area (TPSA) is 68.4 Å². The number of benzene rings is 2. The van der Waals surface area contributed by atoms with Crippen LogP contribution in [0.5, 0.6) is 0 Å². The number of fused-ring (bicyclic) bond motifs is 3. The van der Waals surface area contributed by atoms with Gasteiger partial charge < -0.3 is 14.5 Å². The van der Waals surface area contributed by atoms with Crippen LogP contribution in [-0.4, -0.2) is 24.0 Å². The van der Waals surface area contributed by atoms with E-state index in [0.717, 1.165) is 27.4 Å². The molecule has 1 heterocycles. The van der Waals surface area contributed by atoms with Gasteiger partial charge in [0, 0.05) is 28.7 Å². The number of ether oxygens (including phenoxy) is 2. The second kappa shape index (κ2) is 5.52. The van der Waals surface area contributed by atoms with Crippen molar-refractivity contribution in [1.82, 2.24) is 4.98 Å². The summed E-state index contributed by atoms with van der Waals surface area (Å²) in [4.78, 5) is 25.9. The molecule has 0 saturated heterocycles. The Labute approximate surface area is 126 Å². The van der Waals surface area contributed by atoms with Crippen molar-refractivity contribution < 1.29 is 19.1 Å². The fourth-order valence-corrected chi connectivity index (χ4v) is 2.58. The Balaban J connectivity index is 2.15. The maximum Gasteiger partial charge on any atom is 0.337 e. The minimum atomic E-state index is -0.374. The Hall–Kier alpha value is -2.82. The Bertz CT molecular complexity index is 879. The number of H-pyrrole nitrogens is 1. The molecule has 5 heteroatoms. The number of hydrogen-bond donors (Lipinski definition) is 1. The summed E-state index contributed by atoms with van der Waals surface area (Å²) >= 11 is 0. The van der Waals surface area contributed by atoms with Gasteiger partial charge in [-0.3, -0.25) is 4.79 Å². The highest BCUT2D eigenvalue weighted by Gasteiger charge is 2.12. The molecule has 3 aromatic rings. The van der Waals surface area contributed by atoms with E-state index < -0.39 is 0 Å². The smallest absolute Gasteiger partial charge is 0.337 e. The van der Waals surface area contributed by atoms with Crippen LogP contribution in [0.4, 0.5) is 0 Å². The van der Waals surface area contributed by atoms with Crippen LogP contribution in [0.2, 0.25) is 0 Å². The number of aromatic amines is 1. The molecule has 2 aromatic carbocycles. The monoisotopic (exact) mass is 297 g/mol. The molecule has 0 saturated carbocycles. The molecule has 0 unspecified atom stereocenters. The van der Waals surface area contributed by atoms with Gasteiger partial charge in [-0.15, -0.1) is 0 Å². The van der Waals surface area contributed by atoms with Crippen LogP contribution in [0, 0.1) is 0 Å². The zero-order chi connectivity index (χ0) is 15.7. The van der Waals surface area contributed by atoms with Gasteiger partial charge in [0.25, 0.3) is 0 Å². The number of esters is 2. The summed E-state index contributed by atoms with van der Waals surface area (Å²) in [6.45, 7) is 1.61. The van der Waals surface area contributed by atoms with Gasteiger partial charge in [-0.1, -0.05) is 18.2 Å². The molecular weight excluding hydrogens is 282 g/mol. The summed E-state index contributed by atoms with van der Waals surface area (Å²) in [5, 5.41) is 1.97. The van der Waals surface area contributed by atoms with E-state index in [1.807, 2.05) is 24.3 Å². The molecular formula is C17H15NO4. The Morgan fingerprint density at radius 3 is 2.68 bits per heavy atom. The van der Waals surface area contributed by atoms with Crippen LogP contribution in [-0.2, 0) is 20.9 Å². The Morgan fingerprint density at radius 1 is 1.14 bits per heavy atom.